The Morgan fingerprint density at radius 1 is 1.65 bits per heavy atom. The first kappa shape index (κ1) is 15.1. The summed E-state index contributed by atoms with van der Waals surface area (Å²) in [6, 6.07) is 0. The van der Waals surface area contributed by atoms with Gasteiger partial charge in [-0.3, -0.25) is 9.36 Å². The van der Waals surface area contributed by atoms with Crippen LogP contribution in [0.25, 0.3) is 0 Å². The van der Waals surface area contributed by atoms with E-state index in [1.807, 2.05) is 6.92 Å². The summed E-state index contributed by atoms with van der Waals surface area (Å²) in [4.78, 5) is 23.1. The molecule has 1 atom stereocenters. The molecule has 1 aliphatic carbocycles. The van der Waals surface area contributed by atoms with Gasteiger partial charge in [-0.1, -0.05) is 18.7 Å². The lowest BCUT2D eigenvalue weighted by Gasteiger charge is -2.30. The molecule has 1 aromatic heterocycles. The molecular formula is C12H20N4O3S. The predicted octanol–water partition coefficient (Wildman–Crippen LogP) is 0.433. The lowest BCUT2D eigenvalue weighted by molar-refractivity contribution is -0.144. The molecule has 1 fully saturated rings. The largest absolute Gasteiger partial charge is 0.480 e. The van der Waals surface area contributed by atoms with Crippen LogP contribution < -0.4 is 11.0 Å². The van der Waals surface area contributed by atoms with E-state index in [0.29, 0.717) is 17.5 Å². The Labute approximate surface area is 121 Å². The third-order valence-corrected chi connectivity index (χ3v) is 4.84. The molecule has 0 bridgehead atoms. The van der Waals surface area contributed by atoms with Gasteiger partial charge in [-0.2, -0.15) is 0 Å². The molecule has 3 N–H and O–H groups in total. The topological polar surface area (TPSA) is 100 Å². The minimum atomic E-state index is -0.921. The highest BCUT2D eigenvalue weighted by Crippen LogP contribution is 2.42. The number of hydrogen-bond donors (Lipinski definition) is 3. The zero-order chi connectivity index (χ0) is 14.8. The predicted molar refractivity (Wildman–Crippen MR) is 75.9 cm³/mol. The van der Waals surface area contributed by atoms with Crippen LogP contribution in [0.5, 0.6) is 0 Å². The summed E-state index contributed by atoms with van der Waals surface area (Å²) in [6.45, 7) is 2.68. The molecule has 0 spiro atoms. The monoisotopic (exact) mass is 300 g/mol. The van der Waals surface area contributed by atoms with E-state index in [0.717, 1.165) is 19.3 Å². The Morgan fingerprint density at radius 3 is 2.80 bits per heavy atom. The van der Waals surface area contributed by atoms with Gasteiger partial charge in [-0.15, -0.1) is 5.10 Å². The number of carboxylic acids is 1. The van der Waals surface area contributed by atoms with Gasteiger partial charge in [0.2, 0.25) is 0 Å². The molecule has 0 aromatic carbocycles. The number of H-pyrrole nitrogens is 1. The average Bonchev–Trinajstić information content (AvgIpc) is 3.21. The molecule has 7 nitrogen and oxygen atoms in total. The number of carbonyl (C=O) groups is 1. The van der Waals surface area contributed by atoms with Crippen molar-refractivity contribution in [3.63, 3.8) is 0 Å². The molecule has 1 saturated carbocycles. The van der Waals surface area contributed by atoms with Gasteiger partial charge < -0.3 is 10.4 Å². The lowest BCUT2D eigenvalue weighted by atomic mass is 9.95. The molecule has 0 radical (unpaired) electrons. The van der Waals surface area contributed by atoms with Crippen molar-refractivity contribution in [3.8, 4) is 0 Å². The van der Waals surface area contributed by atoms with Crippen LogP contribution in [-0.2, 0) is 11.8 Å². The molecule has 8 heteroatoms. The van der Waals surface area contributed by atoms with E-state index in [1.165, 1.54) is 16.3 Å². The number of thioether (sulfide) groups is 1. The summed E-state index contributed by atoms with van der Waals surface area (Å²) in [5, 5.41) is 19.6. The van der Waals surface area contributed by atoms with Gasteiger partial charge in [0.1, 0.15) is 5.54 Å². The maximum absolute atomic E-state index is 11.7. The summed E-state index contributed by atoms with van der Waals surface area (Å²) in [7, 11) is 1.62. The Bertz CT molecular complexity index is 537. The standard InChI is InChI=1S/C12H20N4O3S/c1-3-6-13-12(9(17)18,8-4-5-8)7-20-11-15-14-10(19)16(11)2/h8,13H,3-7H2,1-2H3,(H,14,19)(H,17,18). The molecule has 0 amide bonds. The Hall–Kier alpha value is -1.28. The smallest absolute Gasteiger partial charge is 0.343 e. The SMILES string of the molecule is CCCNC(CSc1n[nH]c(=O)n1C)(C(=O)O)C1CC1. The first-order valence-electron chi connectivity index (χ1n) is 6.74. The maximum Gasteiger partial charge on any atom is 0.343 e. The van der Waals surface area contributed by atoms with Gasteiger partial charge in [-0.25, -0.2) is 9.89 Å². The number of aromatic amines is 1. The molecule has 1 unspecified atom stereocenters. The minimum Gasteiger partial charge on any atom is -0.480 e. The van der Waals surface area contributed by atoms with E-state index >= 15 is 0 Å². The van der Waals surface area contributed by atoms with Crippen molar-refractivity contribution >= 4 is 17.7 Å². The molecule has 2 rings (SSSR count). The molecule has 1 aromatic rings. The number of nitrogens with zero attached hydrogens (tertiary/aromatic N) is 2. The summed E-state index contributed by atoms with van der Waals surface area (Å²) in [5.41, 5.74) is -1.21. The molecule has 0 saturated heterocycles. The van der Waals surface area contributed by atoms with Crippen molar-refractivity contribution in [2.75, 3.05) is 12.3 Å². The van der Waals surface area contributed by atoms with Gasteiger partial charge >= 0.3 is 11.7 Å². The van der Waals surface area contributed by atoms with E-state index in [-0.39, 0.29) is 11.6 Å². The summed E-state index contributed by atoms with van der Waals surface area (Å²) in [5.74, 6) is -0.290. The average molecular weight is 300 g/mol. The van der Waals surface area contributed by atoms with Crippen LogP contribution in [0.2, 0.25) is 0 Å². The van der Waals surface area contributed by atoms with Gasteiger partial charge in [-0.05, 0) is 31.7 Å². The quantitative estimate of drug-likeness (QED) is 0.602. The van der Waals surface area contributed by atoms with E-state index in [1.54, 1.807) is 7.05 Å². The first-order valence-corrected chi connectivity index (χ1v) is 7.72. The third-order valence-electron chi connectivity index (χ3n) is 3.61. The number of nitrogens with one attached hydrogen (secondary N) is 2. The van der Waals surface area contributed by atoms with Gasteiger partial charge in [0.25, 0.3) is 0 Å². The van der Waals surface area contributed by atoms with Gasteiger partial charge in [0.15, 0.2) is 5.16 Å². The van der Waals surface area contributed by atoms with E-state index in [9.17, 15) is 14.7 Å². The Balaban J connectivity index is 2.13. The third kappa shape index (κ3) is 2.90. The van der Waals surface area contributed by atoms with E-state index in [2.05, 4.69) is 15.5 Å². The highest BCUT2D eigenvalue weighted by Gasteiger charge is 2.51. The van der Waals surface area contributed by atoms with Gasteiger partial charge in [0, 0.05) is 12.8 Å². The second kappa shape index (κ2) is 6.01. The molecule has 112 valence electrons. The summed E-state index contributed by atoms with van der Waals surface area (Å²) >= 11 is 1.30. The minimum absolute atomic E-state index is 0.162. The van der Waals surface area contributed by atoms with Crippen LogP contribution in [0.4, 0.5) is 0 Å². The Kier molecular flexibility index (Phi) is 4.54. The van der Waals surface area contributed by atoms with Crippen molar-refractivity contribution in [1.29, 1.82) is 0 Å². The van der Waals surface area contributed by atoms with Crippen LogP contribution in [0, 0.1) is 5.92 Å². The summed E-state index contributed by atoms with van der Waals surface area (Å²) < 4.78 is 1.39. The van der Waals surface area contributed by atoms with Crippen LogP contribution in [0.1, 0.15) is 26.2 Å². The number of aliphatic carboxylic acids is 1. The highest BCUT2D eigenvalue weighted by molar-refractivity contribution is 7.99. The maximum atomic E-state index is 11.7. The number of carboxylic acid groups (broad SMARTS) is 1. The fraction of sp³-hybridized carbons (Fsp3) is 0.750. The van der Waals surface area contributed by atoms with Gasteiger partial charge in [0.05, 0.1) is 0 Å². The first-order chi connectivity index (χ1) is 9.51. The second-order valence-corrected chi connectivity index (χ2v) is 6.08. The molecule has 0 aliphatic heterocycles. The van der Waals surface area contributed by atoms with Crippen molar-refractivity contribution in [3.05, 3.63) is 10.5 Å². The van der Waals surface area contributed by atoms with Crippen LogP contribution in [0.15, 0.2) is 9.95 Å². The van der Waals surface area contributed by atoms with Crippen molar-refractivity contribution in [1.82, 2.24) is 20.1 Å². The normalized spacial score (nSPS) is 17.9. The lowest BCUT2D eigenvalue weighted by Crippen LogP contribution is -2.56. The number of hydrogen-bond acceptors (Lipinski definition) is 5. The fourth-order valence-corrected chi connectivity index (χ4v) is 3.39. The van der Waals surface area contributed by atoms with E-state index < -0.39 is 11.5 Å². The summed E-state index contributed by atoms with van der Waals surface area (Å²) in [6.07, 6.45) is 2.75. The van der Waals surface area contributed by atoms with Crippen molar-refractivity contribution < 1.29 is 9.90 Å². The zero-order valence-electron chi connectivity index (χ0n) is 11.7. The zero-order valence-corrected chi connectivity index (χ0v) is 12.5. The number of aromatic nitrogens is 3. The Morgan fingerprint density at radius 2 is 2.35 bits per heavy atom. The van der Waals surface area contributed by atoms with Crippen LogP contribution >= 0.6 is 11.8 Å². The van der Waals surface area contributed by atoms with E-state index in [4.69, 9.17) is 0 Å². The fourth-order valence-electron chi connectivity index (χ4n) is 2.19. The van der Waals surface area contributed by atoms with Crippen LogP contribution in [0.3, 0.4) is 0 Å². The highest BCUT2D eigenvalue weighted by atomic mass is 32.2. The molecule has 20 heavy (non-hydrogen) atoms. The molecule has 1 aliphatic rings. The second-order valence-electron chi connectivity index (χ2n) is 5.14. The van der Waals surface area contributed by atoms with Crippen LogP contribution in [-0.4, -0.2) is 43.7 Å². The molecule has 1 heterocycles. The van der Waals surface area contributed by atoms with Crippen molar-refractivity contribution in [2.45, 2.75) is 36.9 Å². The molecular weight excluding hydrogens is 280 g/mol. The number of rotatable bonds is 8. The van der Waals surface area contributed by atoms with Crippen molar-refractivity contribution in [2.24, 2.45) is 13.0 Å².